The van der Waals surface area contributed by atoms with Gasteiger partial charge in [0.1, 0.15) is 0 Å². The van der Waals surface area contributed by atoms with E-state index in [1.807, 2.05) is 30.9 Å². The molecule has 1 amide bonds. The zero-order chi connectivity index (χ0) is 13.8. The van der Waals surface area contributed by atoms with Crippen molar-refractivity contribution < 1.29 is 9.53 Å². The average Bonchev–Trinajstić information content (AvgIpc) is 2.38. The number of carbonyl (C=O) groups is 1. The van der Waals surface area contributed by atoms with Crippen LogP contribution in [0.25, 0.3) is 0 Å². The molecule has 0 bridgehead atoms. The molecule has 0 saturated carbocycles. The number of aryl methyl sites for hydroxylation is 2. The Kier molecular flexibility index (Phi) is 4.59. The summed E-state index contributed by atoms with van der Waals surface area (Å²) in [7, 11) is 1.74. The smallest absolute Gasteiger partial charge is 0.253 e. The standard InChI is InChI=1S/C16H23NO2/c1-12-8-13(2)10-15(9-12)16(18)17-6-4-14(5-7-17)11-19-3/h8-10,14H,4-7,11H2,1-3H3. The number of methoxy groups -OCH3 is 1. The van der Waals surface area contributed by atoms with Gasteiger partial charge in [0.2, 0.25) is 0 Å². The van der Waals surface area contributed by atoms with Gasteiger partial charge in [0, 0.05) is 32.4 Å². The average molecular weight is 261 g/mol. The first-order chi connectivity index (χ1) is 9.10. The first-order valence-corrected chi connectivity index (χ1v) is 6.96. The fourth-order valence-electron chi connectivity index (χ4n) is 2.82. The third-order valence-electron chi connectivity index (χ3n) is 3.77. The van der Waals surface area contributed by atoms with Gasteiger partial charge < -0.3 is 9.64 Å². The van der Waals surface area contributed by atoms with Crippen LogP contribution < -0.4 is 0 Å². The van der Waals surface area contributed by atoms with E-state index in [0.29, 0.717) is 5.92 Å². The molecule has 19 heavy (non-hydrogen) atoms. The molecule has 1 aliphatic heterocycles. The molecule has 3 heteroatoms. The quantitative estimate of drug-likeness (QED) is 0.837. The molecule has 0 aromatic heterocycles. The Hall–Kier alpha value is -1.35. The summed E-state index contributed by atoms with van der Waals surface area (Å²) in [6, 6.07) is 6.06. The summed E-state index contributed by atoms with van der Waals surface area (Å²) in [4.78, 5) is 14.4. The van der Waals surface area contributed by atoms with Crippen LogP contribution in [-0.2, 0) is 4.74 Å². The number of hydrogen-bond acceptors (Lipinski definition) is 2. The monoisotopic (exact) mass is 261 g/mol. The maximum absolute atomic E-state index is 12.5. The highest BCUT2D eigenvalue weighted by Crippen LogP contribution is 2.20. The normalized spacial score (nSPS) is 16.7. The Morgan fingerprint density at radius 1 is 1.21 bits per heavy atom. The number of piperidine rings is 1. The van der Waals surface area contributed by atoms with Gasteiger partial charge in [-0.15, -0.1) is 0 Å². The van der Waals surface area contributed by atoms with Crippen molar-refractivity contribution in [1.29, 1.82) is 0 Å². The lowest BCUT2D eigenvalue weighted by Gasteiger charge is -2.31. The van der Waals surface area contributed by atoms with Crippen molar-refractivity contribution in [1.82, 2.24) is 4.90 Å². The highest BCUT2D eigenvalue weighted by atomic mass is 16.5. The van der Waals surface area contributed by atoms with E-state index in [-0.39, 0.29) is 5.91 Å². The van der Waals surface area contributed by atoms with Gasteiger partial charge in [-0.1, -0.05) is 17.2 Å². The Balaban J connectivity index is 2.01. The molecule has 0 unspecified atom stereocenters. The molecule has 1 aromatic rings. The number of hydrogen-bond donors (Lipinski definition) is 0. The molecule has 0 N–H and O–H groups in total. The molecule has 1 saturated heterocycles. The van der Waals surface area contributed by atoms with Crippen molar-refractivity contribution in [3.63, 3.8) is 0 Å². The maximum Gasteiger partial charge on any atom is 0.253 e. The largest absolute Gasteiger partial charge is 0.384 e. The number of carbonyl (C=O) groups excluding carboxylic acids is 1. The molecule has 0 aliphatic carbocycles. The Morgan fingerprint density at radius 3 is 2.32 bits per heavy atom. The molecule has 0 atom stereocenters. The van der Waals surface area contributed by atoms with E-state index < -0.39 is 0 Å². The van der Waals surface area contributed by atoms with E-state index >= 15 is 0 Å². The molecule has 104 valence electrons. The highest BCUT2D eigenvalue weighted by molar-refractivity contribution is 5.94. The molecule has 0 spiro atoms. The summed E-state index contributed by atoms with van der Waals surface area (Å²) in [5.74, 6) is 0.774. The second kappa shape index (κ2) is 6.20. The van der Waals surface area contributed by atoms with E-state index in [1.165, 1.54) is 0 Å². The van der Waals surface area contributed by atoms with E-state index in [9.17, 15) is 4.79 Å². The van der Waals surface area contributed by atoms with Crippen molar-refractivity contribution in [2.45, 2.75) is 26.7 Å². The fourth-order valence-corrected chi connectivity index (χ4v) is 2.82. The lowest BCUT2D eigenvalue weighted by Crippen LogP contribution is -2.39. The van der Waals surface area contributed by atoms with Gasteiger partial charge in [-0.2, -0.15) is 0 Å². The predicted octanol–water partition coefficient (Wildman–Crippen LogP) is 2.80. The first kappa shape index (κ1) is 14.1. The molecule has 2 rings (SSSR count). The number of ether oxygens (including phenoxy) is 1. The van der Waals surface area contributed by atoms with Crippen LogP contribution in [0.5, 0.6) is 0 Å². The summed E-state index contributed by atoms with van der Waals surface area (Å²) in [6.07, 6.45) is 2.09. The van der Waals surface area contributed by atoms with Crippen molar-refractivity contribution >= 4 is 5.91 Å². The molecule has 1 aliphatic rings. The van der Waals surface area contributed by atoms with Gasteiger partial charge in [0.25, 0.3) is 5.91 Å². The summed E-state index contributed by atoms with van der Waals surface area (Å²) >= 11 is 0. The molecule has 3 nitrogen and oxygen atoms in total. The van der Waals surface area contributed by atoms with Crippen LogP contribution in [0.1, 0.15) is 34.3 Å². The van der Waals surface area contributed by atoms with Gasteiger partial charge in [0.15, 0.2) is 0 Å². The lowest BCUT2D eigenvalue weighted by atomic mass is 9.97. The third kappa shape index (κ3) is 3.57. The van der Waals surface area contributed by atoms with Crippen LogP contribution >= 0.6 is 0 Å². The molecule has 1 heterocycles. The van der Waals surface area contributed by atoms with E-state index in [1.54, 1.807) is 7.11 Å². The second-order valence-corrected chi connectivity index (χ2v) is 5.57. The van der Waals surface area contributed by atoms with Crippen molar-refractivity contribution in [3.8, 4) is 0 Å². The summed E-state index contributed by atoms with van der Waals surface area (Å²) < 4.78 is 5.19. The predicted molar refractivity (Wildman–Crippen MR) is 76.4 cm³/mol. The Morgan fingerprint density at radius 2 is 1.79 bits per heavy atom. The lowest BCUT2D eigenvalue weighted by molar-refractivity contribution is 0.0613. The van der Waals surface area contributed by atoms with E-state index in [2.05, 4.69) is 6.07 Å². The molecule has 0 radical (unpaired) electrons. The van der Waals surface area contributed by atoms with E-state index in [0.717, 1.165) is 49.2 Å². The molecular weight excluding hydrogens is 238 g/mol. The van der Waals surface area contributed by atoms with Crippen LogP contribution in [0.3, 0.4) is 0 Å². The highest BCUT2D eigenvalue weighted by Gasteiger charge is 2.23. The molecule has 1 aromatic carbocycles. The summed E-state index contributed by atoms with van der Waals surface area (Å²) in [5, 5.41) is 0. The maximum atomic E-state index is 12.5. The SMILES string of the molecule is COCC1CCN(C(=O)c2cc(C)cc(C)c2)CC1. The number of nitrogens with zero attached hydrogens (tertiary/aromatic N) is 1. The van der Waals surface area contributed by atoms with Crippen LogP contribution in [0.15, 0.2) is 18.2 Å². The van der Waals surface area contributed by atoms with Gasteiger partial charge in [-0.25, -0.2) is 0 Å². The minimum absolute atomic E-state index is 0.169. The van der Waals surface area contributed by atoms with Crippen molar-refractivity contribution in [2.75, 3.05) is 26.8 Å². The van der Waals surface area contributed by atoms with Gasteiger partial charge >= 0.3 is 0 Å². The number of rotatable bonds is 3. The zero-order valence-corrected chi connectivity index (χ0v) is 12.1. The van der Waals surface area contributed by atoms with Gasteiger partial charge in [-0.05, 0) is 44.7 Å². The fraction of sp³-hybridized carbons (Fsp3) is 0.562. The Bertz CT molecular complexity index is 428. The molecular formula is C16H23NO2. The van der Waals surface area contributed by atoms with E-state index in [4.69, 9.17) is 4.74 Å². The molecule has 1 fully saturated rings. The second-order valence-electron chi connectivity index (χ2n) is 5.57. The van der Waals surface area contributed by atoms with Crippen molar-refractivity contribution in [2.24, 2.45) is 5.92 Å². The minimum atomic E-state index is 0.169. The number of likely N-dealkylation sites (tertiary alicyclic amines) is 1. The Labute approximate surface area is 115 Å². The van der Waals surface area contributed by atoms with Gasteiger partial charge in [-0.3, -0.25) is 4.79 Å². The topological polar surface area (TPSA) is 29.5 Å². The van der Waals surface area contributed by atoms with Crippen LogP contribution in [0.2, 0.25) is 0 Å². The number of amides is 1. The zero-order valence-electron chi connectivity index (χ0n) is 12.1. The minimum Gasteiger partial charge on any atom is -0.384 e. The van der Waals surface area contributed by atoms with Crippen LogP contribution in [-0.4, -0.2) is 37.6 Å². The third-order valence-corrected chi connectivity index (χ3v) is 3.77. The number of benzene rings is 1. The van der Waals surface area contributed by atoms with Crippen LogP contribution in [0, 0.1) is 19.8 Å². The first-order valence-electron chi connectivity index (χ1n) is 6.96. The van der Waals surface area contributed by atoms with Crippen molar-refractivity contribution in [3.05, 3.63) is 34.9 Å². The summed E-state index contributed by atoms with van der Waals surface area (Å²) in [6.45, 7) is 6.58. The van der Waals surface area contributed by atoms with Crippen LogP contribution in [0.4, 0.5) is 0 Å². The summed E-state index contributed by atoms with van der Waals surface area (Å²) in [5.41, 5.74) is 3.12. The van der Waals surface area contributed by atoms with Gasteiger partial charge in [0.05, 0.1) is 0 Å².